The lowest BCUT2D eigenvalue weighted by molar-refractivity contribution is 0.315. The lowest BCUT2D eigenvalue weighted by Gasteiger charge is -2.27. The number of benzene rings is 1. The van der Waals surface area contributed by atoms with E-state index in [9.17, 15) is 0 Å². The average Bonchev–Trinajstić information content (AvgIpc) is 2.92. The van der Waals surface area contributed by atoms with Crippen molar-refractivity contribution in [2.24, 2.45) is 0 Å². The lowest BCUT2D eigenvalue weighted by atomic mass is 9.98. The second kappa shape index (κ2) is 5.85. The summed E-state index contributed by atoms with van der Waals surface area (Å²) < 4.78 is 13.0. The second-order valence-electron chi connectivity index (χ2n) is 6.35. The third kappa shape index (κ3) is 2.67. The molecule has 23 heavy (non-hydrogen) atoms. The van der Waals surface area contributed by atoms with Crippen LogP contribution in [0.3, 0.4) is 0 Å². The summed E-state index contributed by atoms with van der Waals surface area (Å²) in [4.78, 5) is 0. The minimum Gasteiger partial charge on any atom is -0.497 e. The molecule has 4 rings (SSSR count). The number of fused-ring (bicyclic) bond motifs is 3. The molecule has 1 saturated heterocycles. The molecule has 2 aromatic rings. The van der Waals surface area contributed by atoms with Crippen molar-refractivity contribution >= 4 is 0 Å². The van der Waals surface area contributed by atoms with Crippen LogP contribution < -0.4 is 14.8 Å². The predicted octanol–water partition coefficient (Wildman–Crippen LogP) is 2.03. The van der Waals surface area contributed by atoms with Gasteiger partial charge in [-0.2, -0.15) is 0 Å². The van der Waals surface area contributed by atoms with Crippen LogP contribution in [0.25, 0.3) is 11.4 Å². The maximum Gasteiger partial charge on any atom is 0.164 e. The van der Waals surface area contributed by atoms with Gasteiger partial charge in [0.05, 0.1) is 14.2 Å². The van der Waals surface area contributed by atoms with Gasteiger partial charge in [0.1, 0.15) is 17.3 Å². The summed E-state index contributed by atoms with van der Waals surface area (Å²) in [6.45, 7) is 0.924. The molecule has 2 atom stereocenters. The van der Waals surface area contributed by atoms with Crippen molar-refractivity contribution in [2.75, 3.05) is 14.2 Å². The van der Waals surface area contributed by atoms with Gasteiger partial charge in [0.15, 0.2) is 5.82 Å². The highest BCUT2D eigenvalue weighted by Crippen LogP contribution is 2.31. The van der Waals surface area contributed by atoms with Crippen molar-refractivity contribution < 1.29 is 9.47 Å². The molecule has 1 aromatic carbocycles. The quantitative estimate of drug-likeness (QED) is 0.939. The Kier molecular flexibility index (Phi) is 3.69. The molecule has 2 aliphatic rings. The summed E-state index contributed by atoms with van der Waals surface area (Å²) in [5.41, 5.74) is 0.983. The van der Waals surface area contributed by atoms with E-state index in [1.54, 1.807) is 14.2 Å². The number of piperidine rings is 1. The normalized spacial score (nSPS) is 23.0. The molecule has 3 heterocycles. The van der Waals surface area contributed by atoms with Crippen LogP contribution in [0.4, 0.5) is 0 Å². The molecule has 2 bridgehead atoms. The van der Waals surface area contributed by atoms with E-state index in [1.165, 1.54) is 19.3 Å². The number of aromatic nitrogens is 3. The van der Waals surface area contributed by atoms with Crippen LogP contribution in [-0.4, -0.2) is 41.1 Å². The molecule has 6 nitrogen and oxygen atoms in total. The number of nitrogens with zero attached hydrogens (tertiary/aromatic N) is 3. The first-order chi connectivity index (χ1) is 11.3. The zero-order valence-electron chi connectivity index (χ0n) is 13.6. The predicted molar refractivity (Wildman–Crippen MR) is 86.8 cm³/mol. The Hall–Kier alpha value is -2.08. The van der Waals surface area contributed by atoms with Crippen LogP contribution in [-0.2, 0) is 13.0 Å². The van der Waals surface area contributed by atoms with E-state index in [0.29, 0.717) is 12.1 Å². The van der Waals surface area contributed by atoms with Crippen LogP contribution >= 0.6 is 0 Å². The average molecular weight is 314 g/mol. The minimum absolute atomic E-state index is 0.511. The maximum atomic E-state index is 5.38. The third-order valence-corrected chi connectivity index (χ3v) is 4.85. The third-order valence-electron chi connectivity index (χ3n) is 4.85. The second-order valence-corrected chi connectivity index (χ2v) is 6.35. The van der Waals surface area contributed by atoms with Crippen molar-refractivity contribution in [3.8, 4) is 22.9 Å². The molecule has 1 aromatic heterocycles. The number of methoxy groups -OCH3 is 2. The first-order valence-electron chi connectivity index (χ1n) is 8.18. The first kappa shape index (κ1) is 14.5. The van der Waals surface area contributed by atoms with Gasteiger partial charge in [0.25, 0.3) is 0 Å². The number of hydrogen-bond donors (Lipinski definition) is 1. The smallest absolute Gasteiger partial charge is 0.164 e. The van der Waals surface area contributed by atoms with Crippen LogP contribution in [0.2, 0.25) is 0 Å². The van der Waals surface area contributed by atoms with Gasteiger partial charge in [0, 0.05) is 36.7 Å². The Bertz CT molecular complexity index is 690. The van der Waals surface area contributed by atoms with E-state index < -0.39 is 0 Å². The summed E-state index contributed by atoms with van der Waals surface area (Å²) >= 11 is 0. The highest BCUT2D eigenvalue weighted by Gasteiger charge is 2.29. The highest BCUT2D eigenvalue weighted by atomic mass is 16.5. The monoisotopic (exact) mass is 314 g/mol. The summed E-state index contributed by atoms with van der Waals surface area (Å²) in [5.74, 6) is 3.50. The molecule has 1 N–H and O–H groups in total. The number of hydrogen-bond acceptors (Lipinski definition) is 5. The number of nitrogens with one attached hydrogen (secondary N) is 1. The van der Waals surface area contributed by atoms with E-state index in [1.807, 2.05) is 18.2 Å². The number of rotatable bonds is 3. The molecule has 0 spiro atoms. The van der Waals surface area contributed by atoms with Crippen molar-refractivity contribution in [1.82, 2.24) is 20.1 Å². The van der Waals surface area contributed by atoms with E-state index in [0.717, 1.165) is 41.7 Å². The van der Waals surface area contributed by atoms with E-state index in [-0.39, 0.29) is 0 Å². The summed E-state index contributed by atoms with van der Waals surface area (Å²) in [6.07, 6.45) is 4.69. The van der Waals surface area contributed by atoms with Gasteiger partial charge in [-0.1, -0.05) is 6.42 Å². The van der Waals surface area contributed by atoms with E-state index >= 15 is 0 Å². The van der Waals surface area contributed by atoms with E-state index in [2.05, 4.69) is 20.1 Å². The zero-order chi connectivity index (χ0) is 15.8. The Morgan fingerprint density at radius 2 is 1.78 bits per heavy atom. The molecule has 122 valence electrons. The van der Waals surface area contributed by atoms with Crippen molar-refractivity contribution in [3.63, 3.8) is 0 Å². The van der Waals surface area contributed by atoms with Crippen LogP contribution in [0, 0.1) is 0 Å². The Morgan fingerprint density at radius 1 is 1.04 bits per heavy atom. The summed E-state index contributed by atoms with van der Waals surface area (Å²) in [5, 5.41) is 12.7. The molecule has 6 heteroatoms. The van der Waals surface area contributed by atoms with Gasteiger partial charge < -0.3 is 19.4 Å². The summed E-state index contributed by atoms with van der Waals surface area (Å²) in [6, 6.07) is 6.90. The Morgan fingerprint density at radius 3 is 2.52 bits per heavy atom. The molecule has 0 amide bonds. The largest absolute Gasteiger partial charge is 0.497 e. The fourth-order valence-corrected chi connectivity index (χ4v) is 3.68. The van der Waals surface area contributed by atoms with Gasteiger partial charge in [-0.15, -0.1) is 10.2 Å². The van der Waals surface area contributed by atoms with Crippen molar-refractivity contribution in [3.05, 3.63) is 24.0 Å². The van der Waals surface area contributed by atoms with Crippen molar-refractivity contribution in [2.45, 2.75) is 44.3 Å². The lowest BCUT2D eigenvalue weighted by Crippen LogP contribution is -2.43. The van der Waals surface area contributed by atoms with Crippen LogP contribution in [0.5, 0.6) is 11.5 Å². The molecule has 0 radical (unpaired) electrons. The number of ether oxygens (including phenoxy) is 2. The fraction of sp³-hybridized carbons (Fsp3) is 0.529. The van der Waals surface area contributed by atoms with Gasteiger partial charge in [-0.25, -0.2) is 0 Å². The Balaban J connectivity index is 1.77. The zero-order valence-corrected chi connectivity index (χ0v) is 13.6. The van der Waals surface area contributed by atoms with Gasteiger partial charge in [-0.3, -0.25) is 0 Å². The molecular formula is C17H22N4O2. The first-order valence-corrected chi connectivity index (χ1v) is 8.18. The molecule has 0 saturated carbocycles. The highest BCUT2D eigenvalue weighted by molar-refractivity contribution is 5.61. The molecular weight excluding hydrogens is 292 g/mol. The van der Waals surface area contributed by atoms with E-state index in [4.69, 9.17) is 9.47 Å². The molecule has 2 unspecified atom stereocenters. The van der Waals surface area contributed by atoms with Crippen LogP contribution in [0.1, 0.15) is 25.1 Å². The molecule has 1 fully saturated rings. The van der Waals surface area contributed by atoms with Gasteiger partial charge in [0.2, 0.25) is 0 Å². The standard InChI is InChI=1S/C17H22N4O2/c1-22-14-6-11(7-15(9-14)23-2)17-20-19-16-8-12-4-3-5-13(18-12)10-21(16)17/h6-7,9,12-13,18H,3-5,8,10H2,1-2H3. The molecule has 0 aliphatic carbocycles. The van der Waals surface area contributed by atoms with Gasteiger partial charge >= 0.3 is 0 Å². The fourth-order valence-electron chi connectivity index (χ4n) is 3.68. The minimum atomic E-state index is 0.511. The Labute approximate surface area is 135 Å². The SMILES string of the molecule is COc1cc(OC)cc(-c2nnc3n2CC2CCCC(C3)N2)c1. The van der Waals surface area contributed by atoms with Gasteiger partial charge in [-0.05, 0) is 25.0 Å². The topological polar surface area (TPSA) is 61.2 Å². The van der Waals surface area contributed by atoms with Crippen molar-refractivity contribution in [1.29, 1.82) is 0 Å². The molecule has 2 aliphatic heterocycles. The summed E-state index contributed by atoms with van der Waals surface area (Å²) in [7, 11) is 3.33. The van der Waals surface area contributed by atoms with Crippen LogP contribution in [0.15, 0.2) is 18.2 Å². The maximum absolute atomic E-state index is 5.38.